The summed E-state index contributed by atoms with van der Waals surface area (Å²) in [6, 6.07) is 10.6. The van der Waals surface area contributed by atoms with Gasteiger partial charge in [0.05, 0.1) is 18.0 Å². The molecule has 0 radical (unpaired) electrons. The van der Waals surface area contributed by atoms with Crippen molar-refractivity contribution in [2.45, 2.75) is 25.9 Å². The summed E-state index contributed by atoms with van der Waals surface area (Å²) in [6.45, 7) is 4.33. The highest BCUT2D eigenvalue weighted by molar-refractivity contribution is 6.32. The number of benzene rings is 2. The zero-order valence-corrected chi connectivity index (χ0v) is 15.6. The predicted octanol–water partition coefficient (Wildman–Crippen LogP) is 3.54. The van der Waals surface area contributed by atoms with Crippen LogP contribution in [-0.4, -0.2) is 30.5 Å². The quantitative estimate of drug-likeness (QED) is 0.755. The van der Waals surface area contributed by atoms with Crippen molar-refractivity contribution in [1.29, 1.82) is 0 Å². The lowest BCUT2D eigenvalue weighted by atomic mass is 10.1. The fourth-order valence-corrected chi connectivity index (χ4v) is 3.39. The van der Waals surface area contributed by atoms with Gasteiger partial charge < -0.3 is 4.74 Å². The van der Waals surface area contributed by atoms with Gasteiger partial charge in [0.1, 0.15) is 5.75 Å². The van der Waals surface area contributed by atoms with E-state index in [1.807, 2.05) is 13.8 Å². The maximum Gasteiger partial charge on any atom is 0.263 e. The lowest BCUT2D eigenvalue weighted by molar-refractivity contribution is -0.121. The topological polar surface area (TPSA) is 74.6 Å². The monoisotopic (exact) mass is 384 g/mol. The zero-order valence-electron chi connectivity index (χ0n) is 14.8. The molecule has 138 valence electrons. The molecule has 2 aliphatic rings. The van der Waals surface area contributed by atoms with Gasteiger partial charge in [0.2, 0.25) is 0 Å². The molecule has 0 bridgehead atoms. The Kier molecular flexibility index (Phi) is 4.31. The van der Waals surface area contributed by atoms with Crippen molar-refractivity contribution in [1.82, 2.24) is 0 Å². The molecule has 0 aliphatic carbocycles. The Morgan fingerprint density at radius 2 is 1.78 bits per heavy atom. The molecule has 0 saturated carbocycles. The molecule has 4 rings (SSSR count). The van der Waals surface area contributed by atoms with Gasteiger partial charge in [0.25, 0.3) is 11.8 Å². The van der Waals surface area contributed by atoms with E-state index in [0.717, 1.165) is 16.2 Å². The predicted molar refractivity (Wildman–Crippen MR) is 101 cm³/mol. The highest BCUT2D eigenvalue weighted by atomic mass is 35.5. The maximum absolute atomic E-state index is 13.0. The molecule has 2 heterocycles. The third kappa shape index (κ3) is 2.84. The van der Waals surface area contributed by atoms with Crippen molar-refractivity contribution < 1.29 is 14.3 Å². The fraction of sp³-hybridized carbons (Fsp3) is 0.263. The summed E-state index contributed by atoms with van der Waals surface area (Å²) in [5.74, 6) is -0.0513. The molecule has 0 spiro atoms. The molecular formula is C19H17ClN4O3. The van der Waals surface area contributed by atoms with Gasteiger partial charge in [-0.1, -0.05) is 22.9 Å². The van der Waals surface area contributed by atoms with Gasteiger partial charge in [-0.05, 0) is 55.8 Å². The molecule has 27 heavy (non-hydrogen) atoms. The number of amides is 2. The number of ether oxygens (including phenoxy) is 1. The van der Waals surface area contributed by atoms with Crippen molar-refractivity contribution >= 4 is 34.8 Å². The summed E-state index contributed by atoms with van der Waals surface area (Å²) >= 11 is 6.16. The summed E-state index contributed by atoms with van der Waals surface area (Å²) in [4.78, 5) is 26.9. The third-order valence-corrected chi connectivity index (χ3v) is 5.01. The van der Waals surface area contributed by atoms with Crippen LogP contribution < -0.4 is 14.6 Å². The number of rotatable bonds is 4. The van der Waals surface area contributed by atoms with E-state index in [-0.39, 0.29) is 5.91 Å². The van der Waals surface area contributed by atoms with Crippen LogP contribution in [0.1, 0.15) is 12.5 Å². The maximum atomic E-state index is 13.0. The SMILES string of the molecule is CCOc1ccc(N2N=N[C@H]3C(=O)N(c4ccc(C)c(Cl)c4)C(=O)[C@@H]32)cc1. The zero-order chi connectivity index (χ0) is 19.1. The summed E-state index contributed by atoms with van der Waals surface area (Å²) in [5.41, 5.74) is 1.98. The Hall–Kier alpha value is -2.93. The number of carbonyl (C=O) groups is 2. The van der Waals surface area contributed by atoms with Crippen LogP contribution in [0.3, 0.4) is 0 Å². The second-order valence-electron chi connectivity index (χ2n) is 6.31. The molecule has 2 aromatic carbocycles. The summed E-state index contributed by atoms with van der Waals surface area (Å²) in [5, 5.41) is 10.1. The van der Waals surface area contributed by atoms with E-state index >= 15 is 0 Å². The molecular weight excluding hydrogens is 368 g/mol. The van der Waals surface area contributed by atoms with Crippen molar-refractivity contribution in [3.8, 4) is 5.75 Å². The van der Waals surface area contributed by atoms with Crippen LogP contribution in [0, 0.1) is 6.92 Å². The molecule has 0 N–H and O–H groups in total. The van der Waals surface area contributed by atoms with E-state index < -0.39 is 18.0 Å². The standard InChI is InChI=1S/C19H17ClN4O3/c1-3-27-14-8-6-12(7-9-14)24-17-16(21-22-24)18(25)23(19(17)26)13-5-4-11(2)15(20)10-13/h4-10,16-17H,3H2,1-2H3/t16-,17-/m1/s1. The number of fused-ring (bicyclic) bond motifs is 1. The summed E-state index contributed by atoms with van der Waals surface area (Å²) in [7, 11) is 0. The molecule has 2 aromatic rings. The van der Waals surface area contributed by atoms with Crippen LogP contribution >= 0.6 is 11.6 Å². The van der Waals surface area contributed by atoms with E-state index in [1.165, 1.54) is 5.01 Å². The molecule has 2 aliphatic heterocycles. The number of nitrogens with zero attached hydrogens (tertiary/aromatic N) is 4. The first-order valence-corrected chi connectivity index (χ1v) is 8.96. The van der Waals surface area contributed by atoms with Gasteiger partial charge >= 0.3 is 0 Å². The van der Waals surface area contributed by atoms with Crippen LogP contribution in [0.5, 0.6) is 5.75 Å². The first kappa shape index (κ1) is 17.5. The minimum atomic E-state index is -0.857. The molecule has 1 fully saturated rings. The molecule has 8 heteroatoms. The number of aryl methyl sites for hydroxylation is 1. The van der Waals surface area contributed by atoms with Crippen molar-refractivity contribution in [3.05, 3.63) is 53.1 Å². The van der Waals surface area contributed by atoms with Gasteiger partial charge in [0.15, 0.2) is 12.1 Å². The van der Waals surface area contributed by atoms with Crippen molar-refractivity contribution in [3.63, 3.8) is 0 Å². The average molecular weight is 385 g/mol. The molecule has 7 nitrogen and oxygen atoms in total. The number of imide groups is 1. The van der Waals surface area contributed by atoms with E-state index in [9.17, 15) is 9.59 Å². The lowest BCUT2D eigenvalue weighted by Gasteiger charge is -2.21. The third-order valence-electron chi connectivity index (χ3n) is 4.61. The van der Waals surface area contributed by atoms with Crippen LogP contribution in [0.25, 0.3) is 0 Å². The van der Waals surface area contributed by atoms with Gasteiger partial charge in [-0.2, -0.15) is 5.11 Å². The number of carbonyl (C=O) groups excluding carboxylic acids is 2. The minimum absolute atomic E-state index is 0.371. The highest BCUT2D eigenvalue weighted by Crippen LogP contribution is 2.36. The molecule has 1 saturated heterocycles. The largest absolute Gasteiger partial charge is 0.494 e. The second kappa shape index (κ2) is 6.66. The van der Waals surface area contributed by atoms with E-state index in [2.05, 4.69) is 10.3 Å². The average Bonchev–Trinajstić information content (AvgIpc) is 3.19. The number of hydrogen-bond donors (Lipinski definition) is 0. The molecule has 0 aromatic heterocycles. The van der Waals surface area contributed by atoms with E-state index in [4.69, 9.17) is 16.3 Å². The molecule has 0 unspecified atom stereocenters. The van der Waals surface area contributed by atoms with Gasteiger partial charge in [-0.25, -0.2) is 9.91 Å². The van der Waals surface area contributed by atoms with Crippen LogP contribution in [0.15, 0.2) is 52.8 Å². The van der Waals surface area contributed by atoms with Gasteiger partial charge in [0, 0.05) is 5.02 Å². The molecule has 2 amide bonds. The molecule has 2 atom stereocenters. The smallest absolute Gasteiger partial charge is 0.263 e. The Labute approximate surface area is 161 Å². The minimum Gasteiger partial charge on any atom is -0.494 e. The fourth-order valence-electron chi connectivity index (χ4n) is 3.21. The van der Waals surface area contributed by atoms with Gasteiger partial charge in [-0.15, -0.1) is 0 Å². The Balaban J connectivity index is 1.64. The Morgan fingerprint density at radius 3 is 2.44 bits per heavy atom. The summed E-state index contributed by atoms with van der Waals surface area (Å²) in [6.07, 6.45) is 0. The Morgan fingerprint density at radius 1 is 1.07 bits per heavy atom. The first-order chi connectivity index (χ1) is 13.0. The number of hydrogen-bond acceptors (Lipinski definition) is 6. The second-order valence-corrected chi connectivity index (χ2v) is 6.72. The lowest BCUT2D eigenvalue weighted by Crippen LogP contribution is -2.39. The Bertz CT molecular complexity index is 944. The summed E-state index contributed by atoms with van der Waals surface area (Å²) < 4.78 is 5.43. The number of halogens is 1. The van der Waals surface area contributed by atoms with Crippen molar-refractivity contribution in [2.75, 3.05) is 16.5 Å². The normalized spacial score (nSPS) is 21.1. The van der Waals surface area contributed by atoms with Crippen LogP contribution in [0.2, 0.25) is 5.02 Å². The number of anilines is 2. The van der Waals surface area contributed by atoms with Gasteiger partial charge in [-0.3, -0.25) is 9.59 Å². The van der Waals surface area contributed by atoms with E-state index in [0.29, 0.717) is 23.0 Å². The van der Waals surface area contributed by atoms with Crippen molar-refractivity contribution in [2.24, 2.45) is 10.3 Å². The van der Waals surface area contributed by atoms with Crippen LogP contribution in [-0.2, 0) is 9.59 Å². The first-order valence-electron chi connectivity index (χ1n) is 8.58. The van der Waals surface area contributed by atoms with E-state index in [1.54, 1.807) is 42.5 Å². The highest BCUT2D eigenvalue weighted by Gasteiger charge is 2.55. The van der Waals surface area contributed by atoms with Crippen LogP contribution in [0.4, 0.5) is 11.4 Å².